The van der Waals surface area contributed by atoms with Gasteiger partial charge in [0.05, 0.1) is 12.2 Å². The lowest BCUT2D eigenvalue weighted by Crippen LogP contribution is -2.10. The average Bonchev–Trinajstić information content (AvgIpc) is 2.38. The first kappa shape index (κ1) is 10.9. The Kier molecular flexibility index (Phi) is 3.20. The molecule has 17 heavy (non-hydrogen) atoms. The molecule has 0 spiro atoms. The van der Waals surface area contributed by atoms with E-state index in [0.29, 0.717) is 12.2 Å². The molecule has 0 bridgehead atoms. The molecule has 0 aromatic carbocycles. The Labute approximate surface area is 96.6 Å². The minimum Gasteiger partial charge on any atom is -0.476 e. The molecule has 0 aliphatic rings. The van der Waals surface area contributed by atoms with Gasteiger partial charge in [-0.3, -0.25) is 0 Å². The van der Waals surface area contributed by atoms with E-state index >= 15 is 0 Å². The molecule has 2 rings (SSSR count). The molecule has 0 saturated heterocycles. The molecule has 86 valence electrons. The van der Waals surface area contributed by atoms with Gasteiger partial charge in [0.2, 0.25) is 0 Å². The molecule has 0 amide bonds. The summed E-state index contributed by atoms with van der Waals surface area (Å²) in [6.07, 6.45) is 4.32. The van der Waals surface area contributed by atoms with Crippen molar-refractivity contribution in [3.63, 3.8) is 0 Å². The maximum Gasteiger partial charge on any atom is 0.358 e. The molecule has 0 aliphatic heterocycles. The van der Waals surface area contributed by atoms with Crippen molar-refractivity contribution in [3.8, 4) is 0 Å². The quantitative estimate of drug-likeness (QED) is 0.793. The maximum absolute atomic E-state index is 10.9. The van der Waals surface area contributed by atoms with Crippen LogP contribution in [0.1, 0.15) is 16.2 Å². The Morgan fingerprint density at radius 2 is 2.12 bits per heavy atom. The number of carboxylic acids is 1. The summed E-state index contributed by atoms with van der Waals surface area (Å²) in [5.41, 5.74) is 0.575. The Balaban J connectivity index is 2.12. The van der Waals surface area contributed by atoms with Crippen molar-refractivity contribution in [1.82, 2.24) is 20.2 Å². The van der Waals surface area contributed by atoms with Crippen LogP contribution >= 0.6 is 0 Å². The molecule has 2 aromatic rings. The molecule has 0 aliphatic carbocycles. The first-order chi connectivity index (χ1) is 8.27. The smallest absolute Gasteiger partial charge is 0.358 e. The lowest BCUT2D eigenvalue weighted by molar-refractivity contribution is 0.0691. The van der Waals surface area contributed by atoms with Crippen molar-refractivity contribution < 1.29 is 9.90 Å². The molecule has 0 radical (unpaired) electrons. The van der Waals surface area contributed by atoms with E-state index in [1.165, 1.54) is 12.4 Å². The van der Waals surface area contributed by atoms with Gasteiger partial charge in [-0.05, 0) is 12.1 Å². The highest BCUT2D eigenvalue weighted by Gasteiger charge is 2.11. The average molecular weight is 231 g/mol. The number of hydrogen-bond acceptors (Lipinski definition) is 6. The summed E-state index contributed by atoms with van der Waals surface area (Å²) in [5.74, 6) is -0.912. The molecular weight excluding hydrogens is 222 g/mol. The van der Waals surface area contributed by atoms with Crippen LogP contribution in [0.5, 0.6) is 0 Å². The minimum atomic E-state index is -1.13. The van der Waals surface area contributed by atoms with Gasteiger partial charge in [0, 0.05) is 18.6 Å². The second kappa shape index (κ2) is 4.97. The summed E-state index contributed by atoms with van der Waals surface area (Å²) in [4.78, 5) is 18.5. The van der Waals surface area contributed by atoms with Gasteiger partial charge >= 0.3 is 5.97 Å². The van der Waals surface area contributed by atoms with Crippen LogP contribution in [0, 0.1) is 0 Å². The largest absolute Gasteiger partial charge is 0.476 e. The van der Waals surface area contributed by atoms with Crippen molar-refractivity contribution in [1.29, 1.82) is 0 Å². The second-order valence-corrected chi connectivity index (χ2v) is 3.13. The highest BCUT2D eigenvalue weighted by molar-refractivity contribution is 5.90. The third kappa shape index (κ3) is 2.71. The topological polar surface area (TPSA) is 101 Å². The third-order valence-corrected chi connectivity index (χ3v) is 1.97. The van der Waals surface area contributed by atoms with Gasteiger partial charge in [0.1, 0.15) is 0 Å². The lowest BCUT2D eigenvalue weighted by atomic mass is 10.3. The van der Waals surface area contributed by atoms with Crippen molar-refractivity contribution in [3.05, 3.63) is 42.1 Å². The zero-order valence-electron chi connectivity index (χ0n) is 8.74. The van der Waals surface area contributed by atoms with Gasteiger partial charge in [-0.25, -0.2) is 14.8 Å². The molecule has 2 aromatic heterocycles. The molecule has 7 heteroatoms. The highest BCUT2D eigenvalue weighted by Crippen LogP contribution is 2.08. The van der Waals surface area contributed by atoms with Crippen LogP contribution in [0.3, 0.4) is 0 Å². The second-order valence-electron chi connectivity index (χ2n) is 3.13. The van der Waals surface area contributed by atoms with Crippen molar-refractivity contribution >= 4 is 11.8 Å². The Bertz CT molecular complexity index is 517. The van der Waals surface area contributed by atoms with Gasteiger partial charge in [-0.2, -0.15) is 10.2 Å². The molecule has 2 N–H and O–H groups in total. The number of aromatic carboxylic acids is 1. The predicted molar refractivity (Wildman–Crippen MR) is 58.4 cm³/mol. The van der Waals surface area contributed by atoms with Crippen LogP contribution < -0.4 is 5.32 Å². The van der Waals surface area contributed by atoms with Crippen LogP contribution in [-0.4, -0.2) is 31.2 Å². The lowest BCUT2D eigenvalue weighted by Gasteiger charge is -2.06. The summed E-state index contributed by atoms with van der Waals surface area (Å²) < 4.78 is 0. The first-order valence-electron chi connectivity index (χ1n) is 4.82. The van der Waals surface area contributed by atoms with Crippen molar-refractivity contribution in [2.45, 2.75) is 6.54 Å². The van der Waals surface area contributed by atoms with E-state index in [9.17, 15) is 4.79 Å². The molecule has 0 fully saturated rings. The highest BCUT2D eigenvalue weighted by atomic mass is 16.4. The molecule has 0 atom stereocenters. The van der Waals surface area contributed by atoms with Gasteiger partial charge in [0.15, 0.2) is 11.5 Å². The summed E-state index contributed by atoms with van der Waals surface area (Å²) >= 11 is 0. The Morgan fingerprint density at radius 1 is 1.29 bits per heavy atom. The van der Waals surface area contributed by atoms with E-state index < -0.39 is 5.97 Å². The predicted octanol–water partition coefficient (Wildman–Crippen LogP) is 0.577. The summed E-state index contributed by atoms with van der Waals surface area (Å²) in [6, 6.07) is 3.52. The zero-order valence-corrected chi connectivity index (χ0v) is 8.74. The van der Waals surface area contributed by atoms with E-state index in [2.05, 4.69) is 25.5 Å². The van der Waals surface area contributed by atoms with Crippen LogP contribution in [-0.2, 0) is 6.54 Å². The summed E-state index contributed by atoms with van der Waals surface area (Å²) in [6.45, 7) is 0.340. The van der Waals surface area contributed by atoms with Gasteiger partial charge < -0.3 is 10.4 Å². The number of carbonyl (C=O) groups is 1. The van der Waals surface area contributed by atoms with Crippen molar-refractivity contribution in [2.24, 2.45) is 0 Å². The summed E-state index contributed by atoms with van der Waals surface area (Å²) in [5, 5.41) is 19.3. The number of carboxylic acid groups (broad SMARTS) is 1. The molecule has 0 saturated carbocycles. The summed E-state index contributed by atoms with van der Waals surface area (Å²) in [7, 11) is 0. The van der Waals surface area contributed by atoms with Gasteiger partial charge in [-0.1, -0.05) is 0 Å². The van der Waals surface area contributed by atoms with E-state index in [1.807, 2.05) is 0 Å². The van der Waals surface area contributed by atoms with E-state index in [-0.39, 0.29) is 11.5 Å². The fourth-order valence-electron chi connectivity index (χ4n) is 1.23. The Morgan fingerprint density at radius 3 is 2.82 bits per heavy atom. The van der Waals surface area contributed by atoms with E-state index in [4.69, 9.17) is 5.11 Å². The van der Waals surface area contributed by atoms with E-state index in [0.717, 1.165) is 0 Å². The van der Waals surface area contributed by atoms with Crippen LogP contribution in [0.4, 0.5) is 5.82 Å². The fourth-order valence-corrected chi connectivity index (χ4v) is 1.23. The normalized spacial score (nSPS) is 9.88. The number of nitrogens with one attached hydrogen (secondary N) is 1. The molecule has 2 heterocycles. The standard InChI is InChI=1S/C10H9N5O2/c16-10(17)8-9(12-5-4-11-8)13-6-7-2-1-3-14-15-7/h1-5H,6H2,(H,12,13)(H,16,17). The Hall–Kier alpha value is -2.57. The van der Waals surface area contributed by atoms with Crippen molar-refractivity contribution in [2.75, 3.05) is 5.32 Å². The zero-order chi connectivity index (χ0) is 12.1. The van der Waals surface area contributed by atoms with Crippen LogP contribution in [0.25, 0.3) is 0 Å². The molecular formula is C10H9N5O2. The number of hydrogen-bond donors (Lipinski definition) is 2. The van der Waals surface area contributed by atoms with Gasteiger partial charge in [-0.15, -0.1) is 0 Å². The van der Waals surface area contributed by atoms with Crippen LogP contribution in [0.15, 0.2) is 30.7 Å². The fraction of sp³-hybridized carbons (Fsp3) is 0.100. The van der Waals surface area contributed by atoms with Crippen LogP contribution in [0.2, 0.25) is 0 Å². The monoisotopic (exact) mass is 231 g/mol. The molecule has 0 unspecified atom stereocenters. The van der Waals surface area contributed by atoms with Gasteiger partial charge in [0.25, 0.3) is 0 Å². The number of aromatic nitrogens is 4. The first-order valence-corrected chi connectivity index (χ1v) is 4.82. The SMILES string of the molecule is O=C(O)c1nccnc1NCc1cccnn1. The van der Waals surface area contributed by atoms with E-state index in [1.54, 1.807) is 18.3 Å². The number of rotatable bonds is 4. The number of nitrogens with zero attached hydrogens (tertiary/aromatic N) is 4. The maximum atomic E-state index is 10.9. The molecule has 7 nitrogen and oxygen atoms in total. The minimum absolute atomic E-state index is 0.114. The third-order valence-electron chi connectivity index (χ3n) is 1.97. The number of anilines is 1.